The van der Waals surface area contributed by atoms with Gasteiger partial charge in [-0.25, -0.2) is 0 Å². The zero-order chi connectivity index (χ0) is 10.7. The molecule has 80 valence electrons. The van der Waals surface area contributed by atoms with Gasteiger partial charge < -0.3 is 4.74 Å². The molecule has 0 aliphatic carbocycles. The molecule has 1 atom stereocenters. The molecular formula is C10H12N2O3. The molecule has 1 aliphatic rings. The van der Waals surface area contributed by atoms with E-state index in [1.54, 1.807) is 12.1 Å². The molecule has 0 spiro atoms. The van der Waals surface area contributed by atoms with Crippen LogP contribution in [0.2, 0.25) is 0 Å². The SMILES string of the molecule is O=[N+]([O-])c1cccc(C2NCCCO2)c1. The predicted octanol–water partition coefficient (Wildman–Crippen LogP) is 1.60. The summed E-state index contributed by atoms with van der Waals surface area (Å²) in [6.07, 6.45) is 0.768. The van der Waals surface area contributed by atoms with Crippen molar-refractivity contribution in [2.24, 2.45) is 0 Å². The smallest absolute Gasteiger partial charge is 0.269 e. The largest absolute Gasteiger partial charge is 0.359 e. The molecule has 1 aromatic carbocycles. The third kappa shape index (κ3) is 2.31. The number of benzene rings is 1. The van der Waals surface area contributed by atoms with Crippen molar-refractivity contribution in [1.82, 2.24) is 5.32 Å². The Labute approximate surface area is 87.2 Å². The topological polar surface area (TPSA) is 64.4 Å². The van der Waals surface area contributed by atoms with Gasteiger partial charge in [0.25, 0.3) is 5.69 Å². The average Bonchev–Trinajstić information content (AvgIpc) is 2.30. The first-order valence-electron chi connectivity index (χ1n) is 4.87. The van der Waals surface area contributed by atoms with Gasteiger partial charge in [-0.15, -0.1) is 0 Å². The lowest BCUT2D eigenvalue weighted by atomic mass is 10.1. The van der Waals surface area contributed by atoms with Crippen LogP contribution in [-0.4, -0.2) is 18.1 Å². The van der Waals surface area contributed by atoms with Gasteiger partial charge in [-0.2, -0.15) is 0 Å². The van der Waals surface area contributed by atoms with Crippen LogP contribution >= 0.6 is 0 Å². The fraction of sp³-hybridized carbons (Fsp3) is 0.400. The van der Waals surface area contributed by atoms with Crippen LogP contribution in [0.15, 0.2) is 24.3 Å². The van der Waals surface area contributed by atoms with Crippen LogP contribution in [0.25, 0.3) is 0 Å². The fourth-order valence-corrected chi connectivity index (χ4v) is 1.58. The highest BCUT2D eigenvalue weighted by molar-refractivity contribution is 5.35. The number of nitro groups is 1. The molecule has 2 rings (SSSR count). The van der Waals surface area contributed by atoms with E-state index in [9.17, 15) is 10.1 Å². The molecule has 15 heavy (non-hydrogen) atoms. The predicted molar refractivity (Wildman–Crippen MR) is 54.4 cm³/mol. The normalized spacial score (nSPS) is 21.2. The maximum atomic E-state index is 10.6. The Balaban J connectivity index is 2.19. The summed E-state index contributed by atoms with van der Waals surface area (Å²) in [7, 11) is 0. The fourth-order valence-electron chi connectivity index (χ4n) is 1.58. The average molecular weight is 208 g/mol. The monoisotopic (exact) mass is 208 g/mol. The molecule has 5 heteroatoms. The molecule has 1 unspecified atom stereocenters. The van der Waals surface area contributed by atoms with Crippen molar-refractivity contribution < 1.29 is 9.66 Å². The number of hydrogen-bond acceptors (Lipinski definition) is 4. The Morgan fingerprint density at radius 3 is 3.07 bits per heavy atom. The number of ether oxygens (including phenoxy) is 1. The standard InChI is InChI=1S/C10H12N2O3/c13-12(14)9-4-1-3-8(7-9)10-11-5-2-6-15-10/h1,3-4,7,10-11H,2,5-6H2. The minimum Gasteiger partial charge on any atom is -0.359 e. The highest BCUT2D eigenvalue weighted by Gasteiger charge is 2.17. The lowest BCUT2D eigenvalue weighted by molar-refractivity contribution is -0.385. The van der Waals surface area contributed by atoms with E-state index in [0.717, 1.165) is 18.5 Å². The molecule has 0 aromatic heterocycles. The Morgan fingerprint density at radius 1 is 1.53 bits per heavy atom. The van der Waals surface area contributed by atoms with E-state index in [1.807, 2.05) is 6.07 Å². The van der Waals surface area contributed by atoms with Gasteiger partial charge in [-0.1, -0.05) is 12.1 Å². The Bertz CT molecular complexity index is 361. The van der Waals surface area contributed by atoms with Crippen LogP contribution in [-0.2, 0) is 4.74 Å². The summed E-state index contributed by atoms with van der Waals surface area (Å²) >= 11 is 0. The van der Waals surface area contributed by atoms with Crippen LogP contribution in [0.5, 0.6) is 0 Å². The molecular weight excluding hydrogens is 196 g/mol. The Morgan fingerprint density at radius 2 is 2.40 bits per heavy atom. The van der Waals surface area contributed by atoms with Crippen LogP contribution in [0, 0.1) is 10.1 Å². The molecule has 5 nitrogen and oxygen atoms in total. The van der Waals surface area contributed by atoms with E-state index in [2.05, 4.69) is 5.32 Å². The van der Waals surface area contributed by atoms with Crippen molar-refractivity contribution in [2.75, 3.05) is 13.2 Å². The summed E-state index contributed by atoms with van der Waals surface area (Å²) in [5.41, 5.74) is 0.910. The van der Waals surface area contributed by atoms with E-state index in [4.69, 9.17) is 4.74 Å². The minimum atomic E-state index is -0.397. The summed E-state index contributed by atoms with van der Waals surface area (Å²) < 4.78 is 5.47. The van der Waals surface area contributed by atoms with E-state index < -0.39 is 4.92 Å². The zero-order valence-corrected chi connectivity index (χ0v) is 8.18. The van der Waals surface area contributed by atoms with Crippen molar-refractivity contribution in [3.8, 4) is 0 Å². The number of hydrogen-bond donors (Lipinski definition) is 1. The maximum absolute atomic E-state index is 10.6. The summed E-state index contributed by atoms with van der Waals surface area (Å²) in [6, 6.07) is 6.53. The molecule has 0 radical (unpaired) electrons. The quantitative estimate of drug-likeness (QED) is 0.592. The van der Waals surface area contributed by atoms with Crippen molar-refractivity contribution in [2.45, 2.75) is 12.6 Å². The van der Waals surface area contributed by atoms with Gasteiger partial charge in [0.2, 0.25) is 0 Å². The van der Waals surface area contributed by atoms with Gasteiger partial charge in [-0.05, 0) is 6.42 Å². The first kappa shape index (κ1) is 10.1. The summed E-state index contributed by atoms with van der Waals surface area (Å²) in [5, 5.41) is 13.7. The third-order valence-electron chi connectivity index (χ3n) is 2.32. The summed E-state index contributed by atoms with van der Waals surface area (Å²) in [5.74, 6) is 0. The molecule has 1 aromatic rings. The van der Waals surface area contributed by atoms with E-state index in [0.29, 0.717) is 6.61 Å². The van der Waals surface area contributed by atoms with Crippen LogP contribution in [0.4, 0.5) is 5.69 Å². The van der Waals surface area contributed by atoms with E-state index in [-0.39, 0.29) is 11.9 Å². The molecule has 0 bridgehead atoms. The summed E-state index contributed by atoms with van der Waals surface area (Å²) in [6.45, 7) is 1.58. The number of nitrogens with one attached hydrogen (secondary N) is 1. The second-order valence-corrected chi connectivity index (χ2v) is 3.41. The first-order valence-corrected chi connectivity index (χ1v) is 4.87. The molecule has 0 amide bonds. The highest BCUT2D eigenvalue weighted by atomic mass is 16.6. The van der Waals surface area contributed by atoms with Gasteiger partial charge in [0, 0.05) is 24.2 Å². The van der Waals surface area contributed by atoms with Crippen molar-refractivity contribution >= 4 is 5.69 Å². The molecule has 1 heterocycles. The van der Waals surface area contributed by atoms with Crippen molar-refractivity contribution in [1.29, 1.82) is 0 Å². The number of nitrogens with zero attached hydrogens (tertiary/aromatic N) is 1. The first-order chi connectivity index (χ1) is 7.27. The maximum Gasteiger partial charge on any atom is 0.269 e. The van der Waals surface area contributed by atoms with Gasteiger partial charge >= 0.3 is 0 Å². The lowest BCUT2D eigenvalue weighted by Gasteiger charge is -2.24. The lowest BCUT2D eigenvalue weighted by Crippen LogP contribution is -2.31. The third-order valence-corrected chi connectivity index (χ3v) is 2.32. The van der Waals surface area contributed by atoms with Gasteiger partial charge in [0.15, 0.2) is 0 Å². The second-order valence-electron chi connectivity index (χ2n) is 3.41. The molecule has 0 saturated carbocycles. The van der Waals surface area contributed by atoms with E-state index in [1.165, 1.54) is 6.07 Å². The van der Waals surface area contributed by atoms with Crippen molar-refractivity contribution in [3.05, 3.63) is 39.9 Å². The van der Waals surface area contributed by atoms with Crippen LogP contribution in [0.1, 0.15) is 18.2 Å². The zero-order valence-electron chi connectivity index (χ0n) is 8.18. The molecule has 1 fully saturated rings. The second kappa shape index (κ2) is 4.37. The Kier molecular flexibility index (Phi) is 2.94. The van der Waals surface area contributed by atoms with Gasteiger partial charge in [-0.3, -0.25) is 15.4 Å². The van der Waals surface area contributed by atoms with E-state index >= 15 is 0 Å². The van der Waals surface area contributed by atoms with Gasteiger partial charge in [0.05, 0.1) is 11.5 Å². The Hall–Kier alpha value is -1.46. The highest BCUT2D eigenvalue weighted by Crippen LogP contribution is 2.21. The number of rotatable bonds is 2. The molecule has 1 N–H and O–H groups in total. The molecule has 1 aliphatic heterocycles. The number of nitro benzene ring substituents is 1. The van der Waals surface area contributed by atoms with Crippen molar-refractivity contribution in [3.63, 3.8) is 0 Å². The minimum absolute atomic E-state index is 0.100. The summed E-state index contributed by atoms with van der Waals surface area (Å²) in [4.78, 5) is 10.2. The van der Waals surface area contributed by atoms with Gasteiger partial charge in [0.1, 0.15) is 6.23 Å². The molecule has 1 saturated heterocycles. The van der Waals surface area contributed by atoms with Crippen LogP contribution in [0.3, 0.4) is 0 Å². The number of non-ortho nitro benzene ring substituents is 1. The van der Waals surface area contributed by atoms with Crippen LogP contribution < -0.4 is 5.32 Å².